The number of carbonyl (C=O) groups excluding carboxylic acids is 1. The minimum absolute atomic E-state index is 0.0105. The van der Waals surface area contributed by atoms with Gasteiger partial charge in [0.05, 0.1) is 17.9 Å². The highest BCUT2D eigenvalue weighted by molar-refractivity contribution is 5.97. The number of piperidine rings is 1. The summed E-state index contributed by atoms with van der Waals surface area (Å²) in [7, 11) is 0. The van der Waals surface area contributed by atoms with E-state index in [1.807, 2.05) is 36.1 Å². The van der Waals surface area contributed by atoms with E-state index in [2.05, 4.69) is 10.2 Å². The fourth-order valence-corrected chi connectivity index (χ4v) is 2.99. The smallest absolute Gasteiger partial charge is 0.256 e. The lowest BCUT2D eigenvalue weighted by molar-refractivity contribution is 0.0358. The van der Waals surface area contributed by atoms with Gasteiger partial charge in [-0.2, -0.15) is 0 Å². The van der Waals surface area contributed by atoms with E-state index in [9.17, 15) is 9.90 Å². The molecule has 1 aliphatic rings. The Balaban J connectivity index is 1.90. The van der Waals surface area contributed by atoms with Crippen LogP contribution in [0, 0.1) is 5.41 Å². The Hall–Kier alpha value is -2.21. The predicted octanol–water partition coefficient (Wildman–Crippen LogP) is 1.50. The van der Waals surface area contributed by atoms with E-state index in [0.29, 0.717) is 12.1 Å². The van der Waals surface area contributed by atoms with Gasteiger partial charge in [-0.15, -0.1) is 10.2 Å². The average Bonchev–Trinajstić information content (AvgIpc) is 3.08. The van der Waals surface area contributed by atoms with Gasteiger partial charge in [-0.3, -0.25) is 9.36 Å². The maximum atomic E-state index is 12.9. The SMILES string of the molecule is CC1(CO)CCCN(C(=O)c2ccccc2-n2cnnc2)C1. The standard InChI is InChI=1S/C16H20N4O2/c1-16(10-21)7-4-8-19(9-16)15(22)13-5-2-3-6-14(13)20-11-17-18-12-20/h2-3,5-6,11-12,21H,4,7-10H2,1H3. The molecule has 116 valence electrons. The number of nitrogens with zero attached hydrogens (tertiary/aromatic N) is 4. The van der Waals surface area contributed by atoms with Crippen LogP contribution >= 0.6 is 0 Å². The normalized spacial score (nSPS) is 21.8. The molecule has 1 amide bonds. The van der Waals surface area contributed by atoms with Gasteiger partial charge >= 0.3 is 0 Å². The van der Waals surface area contributed by atoms with E-state index < -0.39 is 0 Å². The number of aliphatic hydroxyl groups excluding tert-OH is 1. The molecule has 0 aliphatic carbocycles. The van der Waals surface area contributed by atoms with Crippen LogP contribution in [0.5, 0.6) is 0 Å². The highest BCUT2D eigenvalue weighted by atomic mass is 16.3. The van der Waals surface area contributed by atoms with E-state index in [-0.39, 0.29) is 17.9 Å². The van der Waals surface area contributed by atoms with Crippen LogP contribution in [0.1, 0.15) is 30.1 Å². The summed E-state index contributed by atoms with van der Waals surface area (Å²) < 4.78 is 1.74. The molecular formula is C16H20N4O2. The summed E-state index contributed by atoms with van der Waals surface area (Å²) in [5, 5.41) is 17.2. The van der Waals surface area contributed by atoms with Crippen molar-refractivity contribution in [1.82, 2.24) is 19.7 Å². The Morgan fingerprint density at radius 3 is 2.77 bits per heavy atom. The lowest BCUT2D eigenvalue weighted by Crippen LogP contribution is -2.46. The first-order valence-corrected chi connectivity index (χ1v) is 7.47. The number of hydrogen-bond acceptors (Lipinski definition) is 4. The number of hydrogen-bond donors (Lipinski definition) is 1. The van der Waals surface area contributed by atoms with E-state index in [0.717, 1.165) is 25.1 Å². The molecule has 0 saturated carbocycles. The zero-order chi connectivity index (χ0) is 15.6. The molecule has 1 aromatic carbocycles. The lowest BCUT2D eigenvalue weighted by atomic mass is 9.82. The number of aromatic nitrogens is 3. The first-order chi connectivity index (χ1) is 10.6. The molecule has 1 saturated heterocycles. The van der Waals surface area contributed by atoms with Gasteiger partial charge in [-0.25, -0.2) is 0 Å². The quantitative estimate of drug-likeness (QED) is 0.932. The number of rotatable bonds is 3. The van der Waals surface area contributed by atoms with E-state index in [4.69, 9.17) is 0 Å². The summed E-state index contributed by atoms with van der Waals surface area (Å²) in [5.41, 5.74) is 1.19. The molecule has 6 nitrogen and oxygen atoms in total. The van der Waals surface area contributed by atoms with Crippen LogP contribution in [0.3, 0.4) is 0 Å². The minimum atomic E-state index is -0.209. The van der Waals surface area contributed by atoms with Crippen LogP contribution in [0.4, 0.5) is 0 Å². The predicted molar refractivity (Wildman–Crippen MR) is 81.7 cm³/mol. The third kappa shape index (κ3) is 2.74. The van der Waals surface area contributed by atoms with Crippen molar-refractivity contribution in [2.24, 2.45) is 5.41 Å². The first-order valence-electron chi connectivity index (χ1n) is 7.47. The third-order valence-corrected chi connectivity index (χ3v) is 4.28. The Morgan fingerprint density at radius 2 is 2.05 bits per heavy atom. The summed E-state index contributed by atoms with van der Waals surface area (Å²) in [5.74, 6) is -0.0105. The van der Waals surface area contributed by atoms with Crippen molar-refractivity contribution < 1.29 is 9.90 Å². The molecule has 0 radical (unpaired) electrons. The molecule has 1 N–H and O–H groups in total. The Labute approximate surface area is 129 Å². The number of likely N-dealkylation sites (tertiary alicyclic amines) is 1. The summed E-state index contributed by atoms with van der Waals surface area (Å²) in [6.07, 6.45) is 5.03. The second-order valence-electron chi connectivity index (χ2n) is 6.19. The fourth-order valence-electron chi connectivity index (χ4n) is 2.99. The number of carbonyl (C=O) groups is 1. The summed E-state index contributed by atoms with van der Waals surface area (Å²) >= 11 is 0. The molecule has 0 bridgehead atoms. The van der Waals surface area contributed by atoms with E-state index in [1.165, 1.54) is 0 Å². The zero-order valence-electron chi connectivity index (χ0n) is 12.6. The van der Waals surface area contributed by atoms with Gasteiger partial charge in [0, 0.05) is 18.5 Å². The van der Waals surface area contributed by atoms with Gasteiger partial charge in [-0.1, -0.05) is 19.1 Å². The zero-order valence-corrected chi connectivity index (χ0v) is 12.6. The monoisotopic (exact) mass is 300 g/mol. The van der Waals surface area contributed by atoms with Crippen molar-refractivity contribution in [3.63, 3.8) is 0 Å². The van der Waals surface area contributed by atoms with Gasteiger partial charge in [0.25, 0.3) is 5.91 Å². The molecule has 2 heterocycles. The topological polar surface area (TPSA) is 71.2 Å². The maximum Gasteiger partial charge on any atom is 0.256 e. The highest BCUT2D eigenvalue weighted by Crippen LogP contribution is 2.30. The molecule has 1 fully saturated rings. The number of aliphatic hydroxyl groups is 1. The Bertz CT molecular complexity index is 656. The van der Waals surface area contributed by atoms with Crippen molar-refractivity contribution in [2.45, 2.75) is 19.8 Å². The van der Waals surface area contributed by atoms with Crippen LogP contribution in [-0.4, -0.2) is 50.4 Å². The van der Waals surface area contributed by atoms with Crippen molar-refractivity contribution in [3.05, 3.63) is 42.5 Å². The molecule has 2 aromatic rings. The summed E-state index contributed by atoms with van der Waals surface area (Å²) in [4.78, 5) is 14.7. The first kappa shape index (κ1) is 14.7. The Morgan fingerprint density at radius 1 is 1.32 bits per heavy atom. The molecule has 3 rings (SSSR count). The van der Waals surface area contributed by atoms with Crippen LogP contribution in [0.2, 0.25) is 0 Å². The van der Waals surface area contributed by atoms with Gasteiger partial charge in [0.15, 0.2) is 0 Å². The van der Waals surface area contributed by atoms with Gasteiger partial charge in [0.2, 0.25) is 0 Å². The average molecular weight is 300 g/mol. The second kappa shape index (κ2) is 5.88. The minimum Gasteiger partial charge on any atom is -0.396 e. The molecule has 1 aliphatic heterocycles. The molecule has 1 aromatic heterocycles. The number of para-hydroxylation sites is 1. The summed E-state index contributed by atoms with van der Waals surface area (Å²) in [6.45, 7) is 3.44. The van der Waals surface area contributed by atoms with Crippen LogP contribution in [-0.2, 0) is 0 Å². The molecule has 0 spiro atoms. The number of benzene rings is 1. The van der Waals surface area contributed by atoms with E-state index in [1.54, 1.807) is 17.2 Å². The van der Waals surface area contributed by atoms with Crippen LogP contribution < -0.4 is 0 Å². The van der Waals surface area contributed by atoms with Crippen LogP contribution in [0.25, 0.3) is 5.69 Å². The molecule has 6 heteroatoms. The largest absolute Gasteiger partial charge is 0.396 e. The van der Waals surface area contributed by atoms with Gasteiger partial charge in [-0.05, 0) is 25.0 Å². The molecule has 22 heavy (non-hydrogen) atoms. The van der Waals surface area contributed by atoms with Gasteiger partial charge in [0.1, 0.15) is 12.7 Å². The van der Waals surface area contributed by atoms with Crippen LogP contribution in [0.15, 0.2) is 36.9 Å². The lowest BCUT2D eigenvalue weighted by Gasteiger charge is -2.39. The third-order valence-electron chi connectivity index (χ3n) is 4.28. The highest BCUT2D eigenvalue weighted by Gasteiger charge is 2.33. The molecular weight excluding hydrogens is 280 g/mol. The van der Waals surface area contributed by atoms with Crippen molar-refractivity contribution in [2.75, 3.05) is 19.7 Å². The van der Waals surface area contributed by atoms with Crippen molar-refractivity contribution in [1.29, 1.82) is 0 Å². The second-order valence-corrected chi connectivity index (χ2v) is 6.19. The van der Waals surface area contributed by atoms with Crippen molar-refractivity contribution >= 4 is 5.91 Å². The van der Waals surface area contributed by atoms with Gasteiger partial charge < -0.3 is 10.0 Å². The number of amides is 1. The molecule has 1 unspecified atom stereocenters. The van der Waals surface area contributed by atoms with Crippen molar-refractivity contribution in [3.8, 4) is 5.69 Å². The van der Waals surface area contributed by atoms with E-state index >= 15 is 0 Å². The fraction of sp³-hybridized carbons (Fsp3) is 0.438. The summed E-state index contributed by atoms with van der Waals surface area (Å²) in [6, 6.07) is 7.45. The molecule has 1 atom stereocenters. The Kier molecular flexibility index (Phi) is 3.94. The maximum absolute atomic E-state index is 12.9.